The van der Waals surface area contributed by atoms with Gasteiger partial charge in [0.15, 0.2) is 9.84 Å². The summed E-state index contributed by atoms with van der Waals surface area (Å²) in [6.45, 7) is 3.29. The number of benzene rings is 1. The minimum atomic E-state index is -3.74. The number of aromatic carboxylic acids is 1. The summed E-state index contributed by atoms with van der Waals surface area (Å²) in [6, 6.07) is 5.70. The Balaban J connectivity index is 3.21. The topological polar surface area (TPSA) is 104 Å². The van der Waals surface area contributed by atoms with Crippen molar-refractivity contribution in [1.29, 1.82) is 5.26 Å². The van der Waals surface area contributed by atoms with E-state index in [2.05, 4.69) is 0 Å². The third-order valence-electron chi connectivity index (χ3n) is 3.04. The van der Waals surface area contributed by atoms with Gasteiger partial charge in [0.1, 0.15) is 10.6 Å². The predicted molar refractivity (Wildman–Crippen MR) is 76.0 cm³/mol. The number of carboxylic acid groups (broad SMARTS) is 1. The third kappa shape index (κ3) is 4.20. The number of nitrogens with zero attached hydrogens (tertiary/aromatic N) is 1. The highest BCUT2D eigenvalue weighted by Gasteiger charge is 2.26. The molecule has 0 radical (unpaired) electrons. The Morgan fingerprint density at radius 2 is 2.05 bits per heavy atom. The van der Waals surface area contributed by atoms with Gasteiger partial charge in [0.2, 0.25) is 0 Å². The first-order valence-electron chi connectivity index (χ1n) is 6.18. The highest BCUT2D eigenvalue weighted by atomic mass is 32.2. The molecular formula is C14H17NO5S. The summed E-state index contributed by atoms with van der Waals surface area (Å²) in [4.78, 5) is 10.8. The second-order valence-electron chi connectivity index (χ2n) is 5.24. The summed E-state index contributed by atoms with van der Waals surface area (Å²) in [5, 5.41) is 17.9. The van der Waals surface area contributed by atoms with E-state index in [0.29, 0.717) is 0 Å². The molecule has 0 aromatic heterocycles. The van der Waals surface area contributed by atoms with Crippen molar-refractivity contribution in [3.05, 3.63) is 23.8 Å². The smallest absolute Gasteiger partial charge is 0.335 e. The van der Waals surface area contributed by atoms with Crippen LogP contribution in [0.2, 0.25) is 0 Å². The van der Waals surface area contributed by atoms with E-state index in [9.17, 15) is 13.2 Å². The molecule has 1 aromatic rings. The monoisotopic (exact) mass is 311 g/mol. The number of hydrogen-bond donors (Lipinski definition) is 1. The Morgan fingerprint density at radius 1 is 1.43 bits per heavy atom. The van der Waals surface area contributed by atoms with Gasteiger partial charge in [0.05, 0.1) is 29.9 Å². The molecule has 1 N–H and O–H groups in total. The van der Waals surface area contributed by atoms with Gasteiger partial charge in [-0.2, -0.15) is 5.26 Å². The fraction of sp³-hybridized carbons (Fsp3) is 0.429. The summed E-state index contributed by atoms with van der Waals surface area (Å²) in [6.07, 6.45) is 0.145. The number of carbonyl (C=O) groups is 1. The Bertz CT molecular complexity index is 686. The Kier molecular flexibility index (Phi) is 4.97. The van der Waals surface area contributed by atoms with Gasteiger partial charge in [-0.15, -0.1) is 0 Å². The molecule has 0 aliphatic heterocycles. The van der Waals surface area contributed by atoms with E-state index in [1.807, 2.05) is 6.07 Å². The molecule has 21 heavy (non-hydrogen) atoms. The number of methoxy groups -OCH3 is 1. The molecule has 0 spiro atoms. The molecule has 0 saturated carbocycles. The largest absolute Gasteiger partial charge is 0.495 e. The zero-order valence-corrected chi connectivity index (χ0v) is 12.9. The van der Waals surface area contributed by atoms with Crippen LogP contribution in [-0.2, 0) is 9.84 Å². The predicted octanol–water partition coefficient (Wildman–Crippen LogP) is 2.11. The molecule has 0 unspecified atom stereocenters. The summed E-state index contributed by atoms with van der Waals surface area (Å²) in [5.41, 5.74) is -0.904. The zero-order valence-electron chi connectivity index (χ0n) is 12.1. The fourth-order valence-electron chi connectivity index (χ4n) is 1.61. The van der Waals surface area contributed by atoms with E-state index >= 15 is 0 Å². The summed E-state index contributed by atoms with van der Waals surface area (Å²) < 4.78 is 29.7. The summed E-state index contributed by atoms with van der Waals surface area (Å²) in [7, 11) is -2.43. The van der Waals surface area contributed by atoms with Crippen LogP contribution in [0.25, 0.3) is 0 Å². The molecule has 0 aliphatic rings. The number of hydrogen-bond acceptors (Lipinski definition) is 5. The average Bonchev–Trinajstić information content (AvgIpc) is 2.44. The Hall–Kier alpha value is -2.07. The number of rotatable bonds is 6. The van der Waals surface area contributed by atoms with Gasteiger partial charge in [-0.1, -0.05) is 0 Å². The van der Waals surface area contributed by atoms with E-state index in [-0.39, 0.29) is 28.4 Å². The average molecular weight is 311 g/mol. The van der Waals surface area contributed by atoms with E-state index in [1.165, 1.54) is 19.2 Å². The van der Waals surface area contributed by atoms with Crippen LogP contribution in [0.15, 0.2) is 23.1 Å². The molecular weight excluding hydrogens is 294 g/mol. The maximum absolute atomic E-state index is 12.4. The molecule has 0 fully saturated rings. The third-order valence-corrected chi connectivity index (χ3v) is 4.77. The van der Waals surface area contributed by atoms with Crippen molar-refractivity contribution in [2.75, 3.05) is 12.9 Å². The van der Waals surface area contributed by atoms with Crippen molar-refractivity contribution in [3.8, 4) is 11.8 Å². The summed E-state index contributed by atoms with van der Waals surface area (Å²) in [5.74, 6) is -1.38. The van der Waals surface area contributed by atoms with Crippen molar-refractivity contribution in [2.45, 2.75) is 25.2 Å². The first-order chi connectivity index (χ1) is 9.63. The Morgan fingerprint density at radius 3 is 2.52 bits per heavy atom. The van der Waals surface area contributed by atoms with Crippen molar-refractivity contribution >= 4 is 15.8 Å². The lowest BCUT2D eigenvalue weighted by atomic mass is 9.93. The van der Waals surface area contributed by atoms with Crippen molar-refractivity contribution < 1.29 is 23.1 Å². The van der Waals surface area contributed by atoms with Crippen molar-refractivity contribution in [2.24, 2.45) is 5.41 Å². The van der Waals surface area contributed by atoms with Crippen LogP contribution in [0, 0.1) is 16.7 Å². The minimum Gasteiger partial charge on any atom is -0.495 e. The number of ether oxygens (including phenoxy) is 1. The van der Waals surface area contributed by atoms with Crippen LogP contribution in [0.1, 0.15) is 30.6 Å². The number of nitriles is 1. The molecule has 0 heterocycles. The van der Waals surface area contributed by atoms with Crippen LogP contribution < -0.4 is 4.74 Å². The first kappa shape index (κ1) is 17.0. The van der Waals surface area contributed by atoms with E-state index in [0.717, 1.165) is 6.07 Å². The molecule has 1 rings (SSSR count). The highest BCUT2D eigenvalue weighted by Crippen LogP contribution is 2.29. The molecule has 0 bridgehead atoms. The maximum atomic E-state index is 12.4. The van der Waals surface area contributed by atoms with Crippen LogP contribution in [-0.4, -0.2) is 32.4 Å². The van der Waals surface area contributed by atoms with Crippen LogP contribution in [0.3, 0.4) is 0 Å². The van der Waals surface area contributed by atoms with Gasteiger partial charge in [-0.3, -0.25) is 0 Å². The van der Waals surface area contributed by atoms with Gasteiger partial charge < -0.3 is 9.84 Å². The molecule has 0 amide bonds. The van der Waals surface area contributed by atoms with E-state index in [1.54, 1.807) is 13.8 Å². The first-order valence-corrected chi connectivity index (χ1v) is 7.83. The molecule has 1 aromatic carbocycles. The lowest BCUT2D eigenvalue weighted by Gasteiger charge is -2.16. The maximum Gasteiger partial charge on any atom is 0.335 e. The zero-order chi connectivity index (χ0) is 16.3. The normalized spacial score (nSPS) is 11.7. The molecule has 0 saturated heterocycles. The standard InChI is InChI=1S/C14H17NO5S/c1-14(2,9-15)6-7-21(18,19)12-8-10(13(16)17)4-5-11(12)20-3/h4-5,8H,6-7H2,1-3H3,(H,16,17). The van der Waals surface area contributed by atoms with Crippen molar-refractivity contribution in [3.63, 3.8) is 0 Å². The SMILES string of the molecule is COc1ccc(C(=O)O)cc1S(=O)(=O)CCC(C)(C)C#N. The lowest BCUT2D eigenvalue weighted by molar-refractivity contribution is 0.0696. The quantitative estimate of drug-likeness (QED) is 0.862. The lowest BCUT2D eigenvalue weighted by Crippen LogP contribution is -2.17. The number of sulfone groups is 1. The van der Waals surface area contributed by atoms with Gasteiger partial charge >= 0.3 is 5.97 Å². The van der Waals surface area contributed by atoms with Gasteiger partial charge in [0.25, 0.3) is 0 Å². The van der Waals surface area contributed by atoms with Crippen LogP contribution in [0.5, 0.6) is 5.75 Å². The second kappa shape index (κ2) is 6.14. The molecule has 6 nitrogen and oxygen atoms in total. The molecule has 0 aliphatic carbocycles. The second-order valence-corrected chi connectivity index (χ2v) is 7.31. The van der Waals surface area contributed by atoms with Crippen LogP contribution >= 0.6 is 0 Å². The van der Waals surface area contributed by atoms with Gasteiger partial charge in [-0.05, 0) is 38.5 Å². The van der Waals surface area contributed by atoms with E-state index < -0.39 is 21.2 Å². The van der Waals surface area contributed by atoms with Crippen LogP contribution in [0.4, 0.5) is 0 Å². The van der Waals surface area contributed by atoms with Gasteiger partial charge in [0, 0.05) is 0 Å². The van der Waals surface area contributed by atoms with Gasteiger partial charge in [-0.25, -0.2) is 13.2 Å². The Labute approximate surface area is 123 Å². The molecule has 7 heteroatoms. The molecule has 0 atom stereocenters. The van der Waals surface area contributed by atoms with Crippen molar-refractivity contribution in [1.82, 2.24) is 0 Å². The minimum absolute atomic E-state index is 0.0924. The molecule has 114 valence electrons. The summed E-state index contributed by atoms with van der Waals surface area (Å²) >= 11 is 0. The van der Waals surface area contributed by atoms with E-state index in [4.69, 9.17) is 15.1 Å². The fourth-order valence-corrected chi connectivity index (χ4v) is 3.37. The highest BCUT2D eigenvalue weighted by molar-refractivity contribution is 7.91. The number of carboxylic acids is 1.